The number of nitrogens with one attached hydrogen (secondary N) is 1. The molecular formula is C20H35Cl2N3O2. The summed E-state index contributed by atoms with van der Waals surface area (Å²) in [6.45, 7) is 13.5. The lowest BCUT2D eigenvalue weighted by molar-refractivity contribution is -0.124. The molecule has 0 aliphatic carbocycles. The molecule has 1 fully saturated rings. The summed E-state index contributed by atoms with van der Waals surface area (Å²) in [5.74, 6) is -0.104. The Balaban J connectivity index is 0.00000338. The van der Waals surface area contributed by atoms with E-state index < -0.39 is 6.04 Å². The summed E-state index contributed by atoms with van der Waals surface area (Å²) < 4.78 is 5.78. The van der Waals surface area contributed by atoms with Gasteiger partial charge in [-0.3, -0.25) is 9.69 Å². The van der Waals surface area contributed by atoms with Crippen LogP contribution in [0.3, 0.4) is 0 Å². The predicted molar refractivity (Wildman–Crippen MR) is 116 cm³/mol. The highest BCUT2D eigenvalue weighted by Gasteiger charge is 2.27. The summed E-state index contributed by atoms with van der Waals surface area (Å²) >= 11 is 0. The van der Waals surface area contributed by atoms with Gasteiger partial charge in [-0.2, -0.15) is 0 Å². The van der Waals surface area contributed by atoms with Gasteiger partial charge in [-0.05, 0) is 30.4 Å². The normalized spacial score (nSPS) is 21.6. The van der Waals surface area contributed by atoms with Crippen molar-refractivity contribution in [3.63, 3.8) is 0 Å². The summed E-state index contributed by atoms with van der Waals surface area (Å²) in [5.41, 5.74) is 8.11. The van der Waals surface area contributed by atoms with Crippen LogP contribution in [0.1, 0.15) is 45.7 Å². The van der Waals surface area contributed by atoms with Gasteiger partial charge in [-0.1, -0.05) is 45.0 Å². The van der Waals surface area contributed by atoms with Crippen LogP contribution in [0.25, 0.3) is 0 Å². The van der Waals surface area contributed by atoms with Gasteiger partial charge in [0.2, 0.25) is 5.91 Å². The van der Waals surface area contributed by atoms with Crippen molar-refractivity contribution in [2.45, 2.75) is 66.0 Å². The molecule has 0 bridgehead atoms. The van der Waals surface area contributed by atoms with E-state index in [0.717, 1.165) is 25.2 Å². The lowest BCUT2D eigenvalue weighted by atomic mass is 9.87. The first-order chi connectivity index (χ1) is 11.6. The minimum absolute atomic E-state index is 0. The van der Waals surface area contributed by atoms with Crippen molar-refractivity contribution >= 4 is 30.7 Å². The second kappa shape index (κ2) is 11.2. The molecule has 1 heterocycles. The van der Waals surface area contributed by atoms with Crippen molar-refractivity contribution in [1.29, 1.82) is 0 Å². The Kier molecular flexibility index (Phi) is 10.9. The fourth-order valence-corrected chi connectivity index (χ4v) is 3.13. The number of hydrogen-bond acceptors (Lipinski definition) is 4. The van der Waals surface area contributed by atoms with E-state index in [1.165, 1.54) is 5.56 Å². The van der Waals surface area contributed by atoms with E-state index in [4.69, 9.17) is 10.5 Å². The van der Waals surface area contributed by atoms with Gasteiger partial charge in [0.05, 0.1) is 18.2 Å². The van der Waals surface area contributed by atoms with Crippen molar-refractivity contribution < 1.29 is 9.53 Å². The number of nitrogens with two attached hydrogens (primary N) is 1. The van der Waals surface area contributed by atoms with E-state index in [1.54, 1.807) is 0 Å². The van der Waals surface area contributed by atoms with Crippen LogP contribution in [0.2, 0.25) is 0 Å². The summed E-state index contributed by atoms with van der Waals surface area (Å²) in [5, 5.41) is 2.93. The second-order valence-electron chi connectivity index (χ2n) is 8.33. The number of carbonyl (C=O) groups excluding carboxylic acids is 1. The third-order valence-corrected chi connectivity index (χ3v) is 4.61. The predicted octanol–water partition coefficient (Wildman–Crippen LogP) is 3.13. The van der Waals surface area contributed by atoms with Crippen LogP contribution in [-0.4, -0.2) is 42.1 Å². The van der Waals surface area contributed by atoms with Crippen LogP contribution < -0.4 is 11.1 Å². The Morgan fingerprint density at radius 3 is 2.11 bits per heavy atom. The minimum atomic E-state index is -0.503. The zero-order valence-electron chi connectivity index (χ0n) is 17.0. The fourth-order valence-electron chi connectivity index (χ4n) is 3.13. The van der Waals surface area contributed by atoms with E-state index in [-0.39, 0.29) is 48.3 Å². The highest BCUT2D eigenvalue weighted by molar-refractivity contribution is 5.85. The Hall–Kier alpha value is -0.850. The number of morpholine rings is 1. The third kappa shape index (κ3) is 8.36. The zero-order chi connectivity index (χ0) is 18.6. The van der Waals surface area contributed by atoms with Crippen molar-refractivity contribution in [2.24, 2.45) is 11.1 Å². The standard InChI is InChI=1S/C20H33N3O2.2ClH/c1-14-11-23(12-15(2)25-14)13-17-8-6-16(7-9-17)10-22-19(24)18(21)20(3,4)5;;/h6-9,14-15,18H,10-13,21H2,1-5H3,(H,22,24);2*1H/t14?,15?,18-;;/m1../s1. The van der Waals surface area contributed by atoms with E-state index in [9.17, 15) is 4.79 Å². The van der Waals surface area contributed by atoms with Crippen LogP contribution in [0, 0.1) is 5.41 Å². The van der Waals surface area contributed by atoms with Gasteiger partial charge in [0, 0.05) is 26.2 Å². The molecule has 0 saturated carbocycles. The maximum atomic E-state index is 12.1. The van der Waals surface area contributed by atoms with Crippen molar-refractivity contribution in [2.75, 3.05) is 13.1 Å². The first-order valence-electron chi connectivity index (χ1n) is 9.14. The van der Waals surface area contributed by atoms with Crippen molar-refractivity contribution in [1.82, 2.24) is 10.2 Å². The number of ether oxygens (including phenoxy) is 1. The first kappa shape index (κ1) is 26.1. The molecule has 1 aromatic carbocycles. The number of nitrogens with zero attached hydrogens (tertiary/aromatic N) is 1. The van der Waals surface area contributed by atoms with Crippen LogP contribution in [0.4, 0.5) is 0 Å². The summed E-state index contributed by atoms with van der Waals surface area (Å²) in [4.78, 5) is 14.5. The monoisotopic (exact) mass is 419 g/mol. The largest absolute Gasteiger partial charge is 0.373 e. The van der Waals surface area contributed by atoms with E-state index in [0.29, 0.717) is 6.54 Å². The Labute approximate surface area is 176 Å². The lowest BCUT2D eigenvalue weighted by Crippen LogP contribution is -2.48. The number of carbonyl (C=O) groups is 1. The molecule has 1 aromatic rings. The molecule has 0 spiro atoms. The summed E-state index contributed by atoms with van der Waals surface area (Å²) in [7, 11) is 0. The molecule has 1 amide bonds. The Morgan fingerprint density at radius 2 is 1.63 bits per heavy atom. The molecule has 2 rings (SSSR count). The molecule has 1 aliphatic rings. The second-order valence-corrected chi connectivity index (χ2v) is 8.33. The van der Waals surface area contributed by atoms with Gasteiger partial charge in [0.15, 0.2) is 0 Å². The average Bonchev–Trinajstić information content (AvgIpc) is 2.51. The fraction of sp³-hybridized carbons (Fsp3) is 0.650. The van der Waals surface area contributed by atoms with Gasteiger partial charge >= 0.3 is 0 Å². The molecule has 1 saturated heterocycles. The van der Waals surface area contributed by atoms with Crippen LogP contribution >= 0.6 is 24.8 Å². The SMILES string of the molecule is CC1CN(Cc2ccc(CNC(=O)[C@@H](N)C(C)(C)C)cc2)CC(C)O1.Cl.Cl. The molecule has 0 aromatic heterocycles. The smallest absolute Gasteiger partial charge is 0.237 e. The third-order valence-electron chi connectivity index (χ3n) is 4.61. The molecule has 3 atom stereocenters. The van der Waals surface area contributed by atoms with Crippen LogP contribution in [0.5, 0.6) is 0 Å². The van der Waals surface area contributed by atoms with Crippen LogP contribution in [0.15, 0.2) is 24.3 Å². The highest BCUT2D eigenvalue weighted by Crippen LogP contribution is 2.18. The lowest BCUT2D eigenvalue weighted by Gasteiger charge is -2.35. The van der Waals surface area contributed by atoms with E-state index >= 15 is 0 Å². The minimum Gasteiger partial charge on any atom is -0.373 e. The van der Waals surface area contributed by atoms with Gasteiger partial charge in [-0.15, -0.1) is 24.8 Å². The summed E-state index contributed by atoms with van der Waals surface area (Å²) in [6.07, 6.45) is 0.565. The number of hydrogen-bond donors (Lipinski definition) is 2. The molecule has 3 N–H and O–H groups in total. The van der Waals surface area contributed by atoms with Gasteiger partial charge < -0.3 is 15.8 Å². The quantitative estimate of drug-likeness (QED) is 0.768. The Bertz CT molecular complexity index is 566. The van der Waals surface area contributed by atoms with Crippen LogP contribution in [-0.2, 0) is 22.6 Å². The maximum Gasteiger partial charge on any atom is 0.237 e. The van der Waals surface area contributed by atoms with Gasteiger partial charge in [-0.25, -0.2) is 0 Å². The van der Waals surface area contributed by atoms with Crippen molar-refractivity contribution in [3.05, 3.63) is 35.4 Å². The molecule has 5 nitrogen and oxygen atoms in total. The Morgan fingerprint density at radius 1 is 1.15 bits per heavy atom. The highest BCUT2D eigenvalue weighted by atomic mass is 35.5. The number of halogens is 2. The molecule has 1 aliphatic heterocycles. The summed E-state index contributed by atoms with van der Waals surface area (Å²) in [6, 6.07) is 7.92. The van der Waals surface area contributed by atoms with Crippen molar-refractivity contribution in [3.8, 4) is 0 Å². The molecule has 27 heavy (non-hydrogen) atoms. The molecule has 7 heteroatoms. The molecule has 156 valence electrons. The van der Waals surface area contributed by atoms with E-state index in [1.807, 2.05) is 20.8 Å². The number of rotatable bonds is 5. The van der Waals surface area contributed by atoms with Gasteiger partial charge in [0.25, 0.3) is 0 Å². The zero-order valence-corrected chi connectivity index (χ0v) is 18.7. The topological polar surface area (TPSA) is 67.6 Å². The van der Waals surface area contributed by atoms with E-state index in [2.05, 4.69) is 48.3 Å². The molecule has 0 radical (unpaired) electrons. The average molecular weight is 420 g/mol. The first-order valence-corrected chi connectivity index (χ1v) is 9.14. The maximum absolute atomic E-state index is 12.1. The molecular weight excluding hydrogens is 385 g/mol. The van der Waals surface area contributed by atoms with Gasteiger partial charge in [0.1, 0.15) is 0 Å². The number of benzene rings is 1. The number of amides is 1. The molecule has 2 unspecified atom stereocenters.